The zero-order chi connectivity index (χ0) is 20.5. The molecule has 1 N–H and O–H groups in total. The molecule has 7 nitrogen and oxygen atoms in total. The van der Waals surface area contributed by atoms with Crippen LogP contribution in [0.4, 0.5) is 0 Å². The fraction of sp³-hybridized carbons (Fsp3) is 0.350. The first kappa shape index (κ1) is 24.3. The molecule has 0 saturated heterocycles. The summed E-state index contributed by atoms with van der Waals surface area (Å²) in [4.78, 5) is 0. The first-order valence-corrected chi connectivity index (χ1v) is 10.8. The molecule has 0 spiro atoms. The maximum Gasteiger partial charge on any atom is 0.214 e. The lowest BCUT2D eigenvalue weighted by Crippen LogP contribution is -2.15. The van der Waals surface area contributed by atoms with Gasteiger partial charge in [-0.2, -0.15) is 4.68 Å². The molecule has 0 fully saturated rings. The summed E-state index contributed by atoms with van der Waals surface area (Å²) in [5.74, 6) is 2.15. The first-order valence-electron chi connectivity index (χ1n) is 9.39. The van der Waals surface area contributed by atoms with Gasteiger partial charge in [0.1, 0.15) is 0 Å². The summed E-state index contributed by atoms with van der Waals surface area (Å²) in [7, 11) is 1.59. The lowest BCUT2D eigenvalue weighted by molar-refractivity contribution is 0.310. The van der Waals surface area contributed by atoms with Crippen molar-refractivity contribution in [2.45, 2.75) is 25.0 Å². The Morgan fingerprint density at radius 3 is 2.73 bits per heavy atom. The Morgan fingerprint density at radius 1 is 1.20 bits per heavy atom. The maximum absolute atomic E-state index is 6.30. The van der Waals surface area contributed by atoms with E-state index in [0.717, 1.165) is 35.1 Å². The van der Waals surface area contributed by atoms with Gasteiger partial charge < -0.3 is 14.8 Å². The summed E-state index contributed by atoms with van der Waals surface area (Å²) in [5, 5.41) is 16.8. The highest BCUT2D eigenvalue weighted by atomic mass is 35.5. The van der Waals surface area contributed by atoms with Crippen molar-refractivity contribution in [3.05, 3.63) is 53.1 Å². The minimum absolute atomic E-state index is 0. The van der Waals surface area contributed by atoms with Crippen molar-refractivity contribution in [1.29, 1.82) is 0 Å². The Labute approximate surface area is 191 Å². The van der Waals surface area contributed by atoms with Gasteiger partial charge in [-0.05, 0) is 60.1 Å². The molecular formula is C20H25Cl2N5O2S. The quantitative estimate of drug-likeness (QED) is 0.329. The largest absolute Gasteiger partial charge is 0.491 e. The van der Waals surface area contributed by atoms with Gasteiger partial charge in [0.25, 0.3) is 0 Å². The van der Waals surface area contributed by atoms with Crippen molar-refractivity contribution in [3.8, 4) is 17.2 Å². The Morgan fingerprint density at radius 2 is 2.00 bits per heavy atom. The van der Waals surface area contributed by atoms with Gasteiger partial charge in [-0.1, -0.05) is 41.6 Å². The van der Waals surface area contributed by atoms with Crippen LogP contribution in [-0.4, -0.2) is 46.2 Å². The number of hydrogen-bond acceptors (Lipinski definition) is 7. The van der Waals surface area contributed by atoms with Crippen molar-refractivity contribution < 1.29 is 9.47 Å². The lowest BCUT2D eigenvalue weighted by Gasteiger charge is -2.13. The third-order valence-electron chi connectivity index (χ3n) is 4.07. The predicted octanol–water partition coefficient (Wildman–Crippen LogP) is 4.42. The summed E-state index contributed by atoms with van der Waals surface area (Å²) < 4.78 is 12.7. The number of rotatable bonds is 11. The van der Waals surface area contributed by atoms with Gasteiger partial charge in [0, 0.05) is 12.3 Å². The molecule has 0 bridgehead atoms. The van der Waals surface area contributed by atoms with Gasteiger partial charge in [-0.25, -0.2) is 0 Å². The molecule has 30 heavy (non-hydrogen) atoms. The molecule has 0 radical (unpaired) electrons. The van der Waals surface area contributed by atoms with E-state index in [2.05, 4.69) is 20.8 Å². The van der Waals surface area contributed by atoms with Crippen molar-refractivity contribution in [2.24, 2.45) is 0 Å². The second kappa shape index (κ2) is 12.6. The van der Waals surface area contributed by atoms with Crippen LogP contribution in [-0.2, 0) is 6.54 Å². The number of nitrogens with zero attached hydrogens (tertiary/aromatic N) is 4. The van der Waals surface area contributed by atoms with Gasteiger partial charge in [-0.3, -0.25) is 0 Å². The molecule has 0 saturated carbocycles. The fourth-order valence-electron chi connectivity index (χ4n) is 2.78. The van der Waals surface area contributed by atoms with Crippen LogP contribution in [0.2, 0.25) is 5.02 Å². The maximum atomic E-state index is 6.30. The van der Waals surface area contributed by atoms with Gasteiger partial charge in [0.05, 0.1) is 24.4 Å². The Balaban J connectivity index is 0.00000320. The van der Waals surface area contributed by atoms with Crippen molar-refractivity contribution in [3.63, 3.8) is 0 Å². The molecule has 0 atom stereocenters. The molecule has 0 amide bonds. The van der Waals surface area contributed by atoms with Gasteiger partial charge in [-0.15, -0.1) is 17.5 Å². The molecule has 1 heterocycles. The van der Waals surface area contributed by atoms with E-state index in [1.807, 2.05) is 49.4 Å². The van der Waals surface area contributed by atoms with E-state index in [-0.39, 0.29) is 12.4 Å². The van der Waals surface area contributed by atoms with Crippen LogP contribution < -0.4 is 14.8 Å². The van der Waals surface area contributed by atoms with Gasteiger partial charge >= 0.3 is 0 Å². The summed E-state index contributed by atoms with van der Waals surface area (Å²) >= 11 is 7.94. The summed E-state index contributed by atoms with van der Waals surface area (Å²) in [5.41, 5.74) is 2.01. The molecule has 0 aliphatic rings. The van der Waals surface area contributed by atoms with Gasteiger partial charge in [0.2, 0.25) is 5.16 Å². The zero-order valence-corrected chi connectivity index (χ0v) is 19.3. The highest BCUT2D eigenvalue weighted by molar-refractivity contribution is 7.99. The number of methoxy groups -OCH3 is 1. The molecule has 1 aromatic heterocycles. The number of ether oxygens (including phenoxy) is 2. The Hall–Kier alpha value is -2.00. The molecule has 3 aromatic rings. The lowest BCUT2D eigenvalue weighted by atomic mass is 10.2. The molecule has 162 valence electrons. The second-order valence-corrected chi connectivity index (χ2v) is 7.60. The molecule has 0 aliphatic heterocycles. The van der Waals surface area contributed by atoms with Crippen LogP contribution in [0.3, 0.4) is 0 Å². The van der Waals surface area contributed by atoms with Crippen molar-refractivity contribution in [2.75, 3.05) is 26.0 Å². The Bertz CT molecular complexity index is 911. The molecule has 3 rings (SSSR count). The summed E-state index contributed by atoms with van der Waals surface area (Å²) in [6.07, 6.45) is 0.981. The third kappa shape index (κ3) is 6.50. The van der Waals surface area contributed by atoms with Crippen molar-refractivity contribution >= 4 is 35.8 Å². The minimum Gasteiger partial charge on any atom is -0.491 e. The number of halogens is 2. The first-order chi connectivity index (χ1) is 14.2. The van der Waals surface area contributed by atoms with Crippen LogP contribution in [0.15, 0.2) is 47.6 Å². The van der Waals surface area contributed by atoms with Crippen LogP contribution >= 0.6 is 35.8 Å². The van der Waals surface area contributed by atoms with Crippen molar-refractivity contribution in [1.82, 2.24) is 25.5 Å². The zero-order valence-electron chi connectivity index (χ0n) is 16.9. The fourth-order valence-corrected chi connectivity index (χ4v) is 3.92. The van der Waals surface area contributed by atoms with Crippen LogP contribution in [0.5, 0.6) is 11.5 Å². The topological polar surface area (TPSA) is 74.1 Å². The number of tetrazole rings is 1. The highest BCUT2D eigenvalue weighted by Gasteiger charge is 2.11. The molecule has 0 unspecified atom stereocenters. The Kier molecular flexibility index (Phi) is 10.2. The standard InChI is InChI=1S/C20H24ClN5O2S.ClH/c1-3-28-18-13-15(12-17(21)19(18)27-2)14-22-10-7-11-29-20-23-24-25-26(20)16-8-5-4-6-9-16;/h4-6,8-9,12-13,22H,3,7,10-11,14H2,1-2H3;1H. The predicted molar refractivity (Wildman–Crippen MR) is 123 cm³/mol. The second-order valence-electron chi connectivity index (χ2n) is 6.13. The van der Waals surface area contributed by atoms with E-state index in [0.29, 0.717) is 29.7 Å². The number of thioether (sulfide) groups is 1. The smallest absolute Gasteiger partial charge is 0.214 e. The van der Waals surface area contributed by atoms with E-state index >= 15 is 0 Å². The average molecular weight is 470 g/mol. The van der Waals surface area contributed by atoms with E-state index < -0.39 is 0 Å². The third-order valence-corrected chi connectivity index (χ3v) is 5.36. The van der Waals surface area contributed by atoms with E-state index in [1.165, 1.54) is 0 Å². The minimum atomic E-state index is 0. The van der Waals surface area contributed by atoms with Crippen LogP contribution in [0.1, 0.15) is 18.9 Å². The monoisotopic (exact) mass is 469 g/mol. The number of aromatic nitrogens is 4. The average Bonchev–Trinajstić information content (AvgIpc) is 3.20. The number of hydrogen-bond donors (Lipinski definition) is 1. The van der Waals surface area contributed by atoms with Crippen LogP contribution in [0.25, 0.3) is 5.69 Å². The van der Waals surface area contributed by atoms with Gasteiger partial charge in [0.15, 0.2) is 11.5 Å². The van der Waals surface area contributed by atoms with E-state index in [1.54, 1.807) is 23.6 Å². The SMILES string of the molecule is CCOc1cc(CNCCCSc2nnnn2-c2ccccc2)cc(Cl)c1OC.Cl. The number of para-hydroxylation sites is 1. The number of benzene rings is 2. The molecule has 0 aliphatic carbocycles. The summed E-state index contributed by atoms with van der Waals surface area (Å²) in [6, 6.07) is 13.7. The summed E-state index contributed by atoms with van der Waals surface area (Å²) in [6.45, 7) is 4.07. The molecule has 2 aromatic carbocycles. The van der Waals surface area contributed by atoms with E-state index in [9.17, 15) is 0 Å². The molecule has 10 heteroatoms. The molecular weight excluding hydrogens is 445 g/mol. The number of nitrogens with one attached hydrogen (secondary N) is 1. The van der Waals surface area contributed by atoms with Crippen LogP contribution in [0, 0.1) is 0 Å². The van der Waals surface area contributed by atoms with E-state index in [4.69, 9.17) is 21.1 Å². The highest BCUT2D eigenvalue weighted by Crippen LogP contribution is 2.36. The normalized spacial score (nSPS) is 10.5.